The number of carboxylic acid groups (broad SMARTS) is 1. The molecule has 4 rings (SSSR count). The van der Waals surface area contributed by atoms with Crippen molar-refractivity contribution in [3.63, 3.8) is 0 Å². The molecular weight excluding hydrogens is 409 g/mol. The number of hydrogen-bond donors (Lipinski definition) is 1. The number of fused-ring (bicyclic) bond motifs is 2. The lowest BCUT2D eigenvalue weighted by Crippen LogP contribution is -2.38. The van der Waals surface area contributed by atoms with Gasteiger partial charge in [0.25, 0.3) is 5.56 Å². The van der Waals surface area contributed by atoms with Crippen LogP contribution in [0.3, 0.4) is 0 Å². The number of anilines is 1. The summed E-state index contributed by atoms with van der Waals surface area (Å²) >= 11 is 0. The first-order chi connectivity index (χ1) is 14.7. The molecule has 9 nitrogen and oxygen atoms in total. The quantitative estimate of drug-likeness (QED) is 0.666. The first-order valence-electron chi connectivity index (χ1n) is 9.44. The van der Waals surface area contributed by atoms with E-state index >= 15 is 0 Å². The van der Waals surface area contributed by atoms with Gasteiger partial charge in [0.1, 0.15) is 6.54 Å². The van der Waals surface area contributed by atoms with E-state index in [1.165, 1.54) is 29.2 Å². The Bertz CT molecular complexity index is 1270. The molecule has 0 saturated heterocycles. The van der Waals surface area contributed by atoms with E-state index in [-0.39, 0.29) is 34.5 Å². The molecule has 1 unspecified atom stereocenters. The van der Waals surface area contributed by atoms with Gasteiger partial charge in [0.05, 0.1) is 5.39 Å². The number of nitrogens with zero attached hydrogens (tertiary/aromatic N) is 3. The van der Waals surface area contributed by atoms with Crippen LogP contribution in [0.5, 0.6) is 11.5 Å². The van der Waals surface area contributed by atoms with Crippen molar-refractivity contribution in [1.82, 2.24) is 9.78 Å². The van der Waals surface area contributed by atoms with Gasteiger partial charge in [-0.05, 0) is 25.1 Å². The topological polar surface area (TPSA) is 111 Å². The van der Waals surface area contributed by atoms with E-state index in [0.717, 1.165) is 11.6 Å². The molecule has 0 aliphatic carbocycles. The van der Waals surface area contributed by atoms with Crippen LogP contribution in [0.15, 0.2) is 47.3 Å². The summed E-state index contributed by atoms with van der Waals surface area (Å²) in [5, 5.41) is 13.7. The minimum Gasteiger partial charge on any atom is -0.476 e. The van der Waals surface area contributed by atoms with E-state index < -0.39 is 30.0 Å². The molecule has 31 heavy (non-hydrogen) atoms. The molecule has 10 heteroatoms. The Hall–Kier alpha value is -3.95. The fourth-order valence-corrected chi connectivity index (χ4v) is 3.46. The number of carboxylic acids is 1. The highest BCUT2D eigenvalue weighted by Gasteiger charge is 2.37. The SMILES string of the molecule is CCN(C(=O)Cn1nc(C(=O)O)c2ccccc2c1=O)c1ccc2c(c1)OC(C)(F)O2. The first-order valence-corrected chi connectivity index (χ1v) is 9.44. The third-order valence-electron chi connectivity index (χ3n) is 4.80. The van der Waals surface area contributed by atoms with Gasteiger partial charge >= 0.3 is 12.0 Å². The van der Waals surface area contributed by atoms with E-state index in [9.17, 15) is 23.9 Å². The molecule has 160 valence electrons. The summed E-state index contributed by atoms with van der Waals surface area (Å²) in [6.07, 6.45) is 0. The number of alkyl halides is 1. The van der Waals surface area contributed by atoms with Crippen LogP contribution in [0.2, 0.25) is 0 Å². The smallest absolute Gasteiger partial charge is 0.404 e. The van der Waals surface area contributed by atoms with Crippen molar-refractivity contribution in [3.8, 4) is 11.5 Å². The summed E-state index contributed by atoms with van der Waals surface area (Å²) in [7, 11) is 0. The number of carbonyl (C=O) groups excluding carboxylic acids is 1. The first kappa shape index (κ1) is 20.3. The number of rotatable bonds is 5. The molecule has 0 bridgehead atoms. The molecule has 1 amide bonds. The van der Waals surface area contributed by atoms with Gasteiger partial charge in [0, 0.05) is 30.6 Å². The average molecular weight is 427 g/mol. The molecule has 1 N–H and O–H groups in total. The molecular formula is C21H18FN3O6. The molecule has 2 heterocycles. The van der Waals surface area contributed by atoms with E-state index in [1.807, 2.05) is 0 Å². The van der Waals surface area contributed by atoms with Crippen molar-refractivity contribution in [3.05, 3.63) is 58.5 Å². The Kier molecular flexibility index (Phi) is 4.84. The lowest BCUT2D eigenvalue weighted by Gasteiger charge is -2.21. The standard InChI is InChI=1S/C21H18FN3O6/c1-3-24(12-8-9-15-16(10-12)31-21(2,22)30-15)17(26)11-25-19(27)14-7-5-4-6-13(14)18(23-25)20(28)29/h4-10H,3,11H2,1-2H3,(H,28,29). The number of likely N-dealkylation sites (N-methyl/N-ethyl adjacent to an activating group) is 1. The molecule has 0 fully saturated rings. The van der Waals surface area contributed by atoms with E-state index in [0.29, 0.717) is 5.69 Å². The second-order valence-corrected chi connectivity index (χ2v) is 6.97. The van der Waals surface area contributed by atoms with Crippen LogP contribution < -0.4 is 19.9 Å². The number of aromatic carboxylic acids is 1. The van der Waals surface area contributed by atoms with Crippen molar-refractivity contribution >= 4 is 28.3 Å². The Labute approximate surface area is 175 Å². The highest BCUT2D eigenvalue weighted by Crippen LogP contribution is 2.42. The summed E-state index contributed by atoms with van der Waals surface area (Å²) in [5.41, 5.74) is -0.500. The zero-order chi connectivity index (χ0) is 22.3. The summed E-state index contributed by atoms with van der Waals surface area (Å²) in [5.74, 6) is -1.47. The minimum atomic E-state index is -2.29. The fraction of sp³-hybridized carbons (Fsp3) is 0.238. The maximum atomic E-state index is 13.9. The van der Waals surface area contributed by atoms with Gasteiger partial charge in [-0.15, -0.1) is 0 Å². The highest BCUT2D eigenvalue weighted by molar-refractivity contribution is 6.01. The number of aromatic nitrogens is 2. The largest absolute Gasteiger partial charge is 0.476 e. The van der Waals surface area contributed by atoms with Gasteiger partial charge in [-0.25, -0.2) is 9.48 Å². The van der Waals surface area contributed by atoms with Gasteiger partial charge in [-0.3, -0.25) is 9.59 Å². The van der Waals surface area contributed by atoms with Gasteiger partial charge in [0.15, 0.2) is 17.2 Å². The van der Waals surface area contributed by atoms with Gasteiger partial charge in [0.2, 0.25) is 5.91 Å². The predicted octanol–water partition coefficient (Wildman–Crippen LogP) is 2.56. The molecule has 3 aromatic rings. The molecule has 1 aromatic heterocycles. The molecule has 0 radical (unpaired) electrons. The van der Waals surface area contributed by atoms with E-state index in [1.54, 1.807) is 25.1 Å². The number of ether oxygens (including phenoxy) is 2. The molecule has 1 atom stereocenters. The number of hydrogen-bond acceptors (Lipinski definition) is 6. The molecule has 0 saturated carbocycles. The normalized spacial score (nSPS) is 17.0. The zero-order valence-corrected chi connectivity index (χ0v) is 16.7. The van der Waals surface area contributed by atoms with Crippen LogP contribution in [-0.4, -0.2) is 39.3 Å². The monoisotopic (exact) mass is 427 g/mol. The summed E-state index contributed by atoms with van der Waals surface area (Å²) < 4.78 is 24.8. The molecule has 0 spiro atoms. The number of carbonyl (C=O) groups is 2. The summed E-state index contributed by atoms with van der Waals surface area (Å²) in [6, 6.07) is 8.38. The summed E-state index contributed by atoms with van der Waals surface area (Å²) in [6.45, 7) is 2.60. The van der Waals surface area contributed by atoms with Crippen molar-refractivity contribution in [2.45, 2.75) is 26.4 Å². The number of halogens is 1. The minimum absolute atomic E-state index is 0.142. The van der Waals surface area contributed by atoms with Crippen LogP contribution >= 0.6 is 0 Å². The molecule has 1 aliphatic rings. The van der Waals surface area contributed by atoms with E-state index in [4.69, 9.17) is 9.47 Å². The van der Waals surface area contributed by atoms with Crippen LogP contribution in [0.4, 0.5) is 10.1 Å². The van der Waals surface area contributed by atoms with Gasteiger partial charge in [-0.2, -0.15) is 9.49 Å². The van der Waals surface area contributed by atoms with Crippen LogP contribution in [0, 0.1) is 0 Å². The highest BCUT2D eigenvalue weighted by atomic mass is 19.2. The van der Waals surface area contributed by atoms with Gasteiger partial charge < -0.3 is 19.5 Å². The second-order valence-electron chi connectivity index (χ2n) is 6.97. The Balaban J connectivity index is 1.68. The maximum Gasteiger partial charge on any atom is 0.404 e. The number of benzene rings is 2. The lowest BCUT2D eigenvalue weighted by atomic mass is 10.1. The molecule has 1 aliphatic heterocycles. The Morgan fingerprint density at radius 3 is 2.52 bits per heavy atom. The second kappa shape index (κ2) is 7.38. The van der Waals surface area contributed by atoms with Crippen molar-refractivity contribution < 1.29 is 28.6 Å². The maximum absolute atomic E-state index is 13.9. The zero-order valence-electron chi connectivity index (χ0n) is 16.7. The Morgan fingerprint density at radius 2 is 1.84 bits per heavy atom. The molecule has 2 aromatic carbocycles. The van der Waals surface area contributed by atoms with Crippen molar-refractivity contribution in [2.75, 3.05) is 11.4 Å². The third-order valence-corrected chi connectivity index (χ3v) is 4.80. The van der Waals surface area contributed by atoms with Crippen LogP contribution in [-0.2, 0) is 11.3 Å². The number of amides is 1. The lowest BCUT2D eigenvalue weighted by molar-refractivity contribution is -0.173. The van der Waals surface area contributed by atoms with Gasteiger partial charge in [-0.1, -0.05) is 18.2 Å². The Morgan fingerprint density at radius 1 is 1.16 bits per heavy atom. The predicted molar refractivity (Wildman–Crippen MR) is 108 cm³/mol. The summed E-state index contributed by atoms with van der Waals surface area (Å²) in [4.78, 5) is 38.7. The van der Waals surface area contributed by atoms with Crippen molar-refractivity contribution in [1.29, 1.82) is 0 Å². The average Bonchev–Trinajstić information content (AvgIpc) is 3.03. The fourth-order valence-electron chi connectivity index (χ4n) is 3.46. The van der Waals surface area contributed by atoms with Crippen LogP contribution in [0.1, 0.15) is 24.3 Å². The van der Waals surface area contributed by atoms with Crippen LogP contribution in [0.25, 0.3) is 10.8 Å². The van der Waals surface area contributed by atoms with E-state index in [2.05, 4.69) is 5.10 Å². The van der Waals surface area contributed by atoms with Crippen molar-refractivity contribution in [2.24, 2.45) is 0 Å². The third kappa shape index (κ3) is 3.67.